The Morgan fingerprint density at radius 2 is 2.50 bits per heavy atom. The highest BCUT2D eigenvalue weighted by atomic mass is 32.2. The first-order chi connectivity index (χ1) is 2.77. The van der Waals surface area contributed by atoms with E-state index >= 15 is 0 Å². The van der Waals surface area contributed by atoms with E-state index in [1.54, 1.807) is 0 Å². The van der Waals surface area contributed by atoms with Crippen molar-refractivity contribution in [2.75, 3.05) is 0 Å². The van der Waals surface area contributed by atoms with Crippen molar-refractivity contribution in [2.24, 2.45) is 0 Å². The molecule has 0 aliphatic heterocycles. The van der Waals surface area contributed by atoms with E-state index in [1.165, 1.54) is 12.3 Å². The molecule has 2 heteroatoms. The summed E-state index contributed by atoms with van der Waals surface area (Å²) >= 11 is 1.11. The van der Waals surface area contributed by atoms with E-state index < -0.39 is 0 Å². The second kappa shape index (κ2) is 2.97. The van der Waals surface area contributed by atoms with Crippen molar-refractivity contribution in [1.29, 1.82) is 0 Å². The van der Waals surface area contributed by atoms with Crippen LogP contribution in [0.5, 0.6) is 0 Å². The molecule has 0 bridgehead atoms. The molecule has 0 spiro atoms. The molecule has 0 saturated heterocycles. The van der Waals surface area contributed by atoms with Crippen LogP contribution in [0.4, 0.5) is 0 Å². The van der Waals surface area contributed by atoms with Crippen molar-refractivity contribution in [3.8, 4) is 0 Å². The lowest BCUT2D eigenvalue weighted by molar-refractivity contribution is -0.109. The summed E-state index contributed by atoms with van der Waals surface area (Å²) in [4.78, 5) is 9.94. The zero-order valence-electron chi connectivity index (χ0n) is 3.60. The van der Waals surface area contributed by atoms with E-state index in [4.69, 9.17) is 0 Å². The lowest BCUT2D eigenvalue weighted by Crippen LogP contribution is -1.71. The Morgan fingerprint density at radius 1 is 2.00 bits per heavy atom. The average Bonchev–Trinajstić information content (AvgIpc) is 1.35. The van der Waals surface area contributed by atoms with E-state index in [1.807, 2.05) is 0 Å². The lowest BCUT2D eigenvalue weighted by Gasteiger charge is -1.75. The monoisotopic (exact) mass is 102 g/mol. The maximum Gasteiger partial charge on any atom is 0.190 e. The van der Waals surface area contributed by atoms with Gasteiger partial charge in [-0.1, -0.05) is 18.3 Å². The van der Waals surface area contributed by atoms with E-state index in [-0.39, 0.29) is 5.12 Å². The number of hydrogen-bond donors (Lipinski definition) is 0. The Morgan fingerprint density at radius 3 is 2.50 bits per heavy atom. The SMILES string of the molecule is C=CSC(C)=O. The third-order valence-corrected chi connectivity index (χ3v) is 0.748. The van der Waals surface area contributed by atoms with Crippen molar-refractivity contribution in [1.82, 2.24) is 0 Å². The topological polar surface area (TPSA) is 17.1 Å². The maximum atomic E-state index is 9.94. The predicted octanol–water partition coefficient (Wildman–Crippen LogP) is 1.41. The summed E-state index contributed by atoms with van der Waals surface area (Å²) in [6, 6.07) is 0. The summed E-state index contributed by atoms with van der Waals surface area (Å²) < 4.78 is 0. The summed E-state index contributed by atoms with van der Waals surface area (Å²) in [6.45, 7) is 4.85. The zero-order chi connectivity index (χ0) is 4.99. The maximum absolute atomic E-state index is 9.94. The highest BCUT2D eigenvalue weighted by molar-refractivity contribution is 8.16. The molecule has 0 fully saturated rings. The number of hydrogen-bond acceptors (Lipinski definition) is 2. The van der Waals surface area contributed by atoms with Crippen LogP contribution in [0.2, 0.25) is 0 Å². The van der Waals surface area contributed by atoms with Crippen LogP contribution in [0, 0.1) is 0 Å². The first-order valence-electron chi connectivity index (χ1n) is 1.55. The van der Waals surface area contributed by atoms with Crippen molar-refractivity contribution in [2.45, 2.75) is 6.92 Å². The molecule has 0 rings (SSSR count). The van der Waals surface area contributed by atoms with Crippen LogP contribution in [0.15, 0.2) is 12.0 Å². The number of carbonyl (C=O) groups excluding carboxylic acids is 1. The Kier molecular flexibility index (Phi) is 2.85. The lowest BCUT2D eigenvalue weighted by atomic mass is 10.9. The van der Waals surface area contributed by atoms with Gasteiger partial charge in [-0.15, -0.1) is 0 Å². The van der Waals surface area contributed by atoms with Crippen LogP contribution in [0.3, 0.4) is 0 Å². The van der Waals surface area contributed by atoms with Gasteiger partial charge in [0.15, 0.2) is 5.12 Å². The quantitative estimate of drug-likeness (QED) is 0.498. The summed E-state index contributed by atoms with van der Waals surface area (Å²) in [5.41, 5.74) is 0. The second-order valence-electron chi connectivity index (χ2n) is 0.776. The molecule has 1 nitrogen and oxygen atoms in total. The van der Waals surface area contributed by atoms with Crippen molar-refractivity contribution >= 4 is 16.9 Å². The minimum Gasteiger partial charge on any atom is -0.287 e. The van der Waals surface area contributed by atoms with Gasteiger partial charge in [-0.25, -0.2) is 0 Å². The Bertz CT molecular complexity index is 67.9. The molecular weight excluding hydrogens is 96.1 g/mol. The van der Waals surface area contributed by atoms with Crippen molar-refractivity contribution in [3.63, 3.8) is 0 Å². The van der Waals surface area contributed by atoms with Gasteiger partial charge in [0.25, 0.3) is 0 Å². The van der Waals surface area contributed by atoms with Crippen molar-refractivity contribution < 1.29 is 4.79 Å². The first-order valence-corrected chi connectivity index (χ1v) is 2.43. The van der Waals surface area contributed by atoms with Gasteiger partial charge in [-0.2, -0.15) is 0 Å². The zero-order valence-corrected chi connectivity index (χ0v) is 4.42. The molecular formula is C4H6OS. The first kappa shape index (κ1) is 5.76. The molecule has 0 radical (unpaired) electrons. The van der Waals surface area contributed by atoms with E-state index in [0.29, 0.717) is 0 Å². The van der Waals surface area contributed by atoms with E-state index in [2.05, 4.69) is 6.58 Å². The van der Waals surface area contributed by atoms with Crippen LogP contribution in [-0.4, -0.2) is 5.12 Å². The summed E-state index contributed by atoms with van der Waals surface area (Å²) in [6.07, 6.45) is 0. The highest BCUT2D eigenvalue weighted by Crippen LogP contribution is 1.98. The molecule has 0 aliphatic carbocycles. The number of carbonyl (C=O) groups is 1. The molecule has 0 aromatic carbocycles. The molecule has 0 aliphatic rings. The van der Waals surface area contributed by atoms with Gasteiger partial charge in [0.1, 0.15) is 0 Å². The molecule has 0 atom stereocenters. The van der Waals surface area contributed by atoms with E-state index in [9.17, 15) is 4.79 Å². The van der Waals surface area contributed by atoms with Crippen LogP contribution in [0.25, 0.3) is 0 Å². The molecule has 0 aromatic rings. The Labute approximate surface area is 41.4 Å². The van der Waals surface area contributed by atoms with Gasteiger partial charge < -0.3 is 0 Å². The molecule has 0 saturated carbocycles. The fourth-order valence-electron chi connectivity index (χ4n) is 0.117. The molecule has 34 valence electrons. The van der Waals surface area contributed by atoms with Crippen LogP contribution >= 0.6 is 11.8 Å². The Hall–Kier alpha value is -0.240. The molecule has 0 amide bonds. The van der Waals surface area contributed by atoms with Crippen molar-refractivity contribution in [3.05, 3.63) is 12.0 Å². The normalized spacial score (nSPS) is 7.50. The van der Waals surface area contributed by atoms with Gasteiger partial charge in [-0.05, 0) is 5.41 Å². The van der Waals surface area contributed by atoms with Crippen LogP contribution in [0.1, 0.15) is 6.92 Å². The van der Waals surface area contributed by atoms with Gasteiger partial charge in [0, 0.05) is 6.92 Å². The minimum absolute atomic E-state index is 0.0880. The third-order valence-electron chi connectivity index (χ3n) is 0.249. The fourth-order valence-corrected chi connectivity index (χ4v) is 0.352. The number of thioether (sulfide) groups is 1. The summed E-state index contributed by atoms with van der Waals surface area (Å²) in [5.74, 6) is 0. The minimum atomic E-state index is 0.0880. The second-order valence-corrected chi connectivity index (χ2v) is 1.92. The Balaban J connectivity index is 3.05. The van der Waals surface area contributed by atoms with Crippen LogP contribution in [-0.2, 0) is 4.79 Å². The third kappa shape index (κ3) is 3.76. The van der Waals surface area contributed by atoms with Gasteiger partial charge in [0.05, 0.1) is 0 Å². The number of rotatable bonds is 1. The van der Waals surface area contributed by atoms with E-state index in [0.717, 1.165) is 11.8 Å². The highest BCUT2D eigenvalue weighted by Gasteiger charge is 1.80. The predicted molar refractivity (Wildman–Crippen MR) is 28.5 cm³/mol. The molecule has 0 aromatic heterocycles. The standard InChI is InChI=1S/C4H6OS/c1-3-6-4(2)5/h3H,1H2,2H3. The molecule has 0 N–H and O–H groups in total. The molecule has 6 heavy (non-hydrogen) atoms. The molecule has 0 unspecified atom stereocenters. The summed E-state index contributed by atoms with van der Waals surface area (Å²) in [7, 11) is 0. The summed E-state index contributed by atoms with van der Waals surface area (Å²) in [5, 5.41) is 1.60. The smallest absolute Gasteiger partial charge is 0.190 e. The van der Waals surface area contributed by atoms with Gasteiger partial charge >= 0.3 is 0 Å². The van der Waals surface area contributed by atoms with Gasteiger partial charge in [0.2, 0.25) is 0 Å². The van der Waals surface area contributed by atoms with Gasteiger partial charge in [-0.3, -0.25) is 4.79 Å². The average molecular weight is 102 g/mol. The molecule has 0 heterocycles. The fraction of sp³-hybridized carbons (Fsp3) is 0.250. The largest absolute Gasteiger partial charge is 0.287 e. The van der Waals surface area contributed by atoms with Crippen LogP contribution < -0.4 is 0 Å².